The first kappa shape index (κ1) is 18.0. The molecular formula is C14H16N6O3S. The number of azide groups is 2. The molecule has 0 saturated carbocycles. The summed E-state index contributed by atoms with van der Waals surface area (Å²) < 4.78 is 11.2. The van der Waals surface area contributed by atoms with Crippen LogP contribution in [0.2, 0.25) is 0 Å². The quantitative estimate of drug-likeness (QED) is 0.346. The lowest BCUT2D eigenvalue weighted by molar-refractivity contribution is -0.159. The van der Waals surface area contributed by atoms with E-state index in [4.69, 9.17) is 20.5 Å². The van der Waals surface area contributed by atoms with Gasteiger partial charge in [0.25, 0.3) is 0 Å². The van der Waals surface area contributed by atoms with Gasteiger partial charge in [-0.25, -0.2) is 0 Å². The Bertz CT molecular complexity index is 674. The smallest absolute Gasteiger partial charge is 0.302 e. The van der Waals surface area contributed by atoms with Crippen LogP contribution in [-0.2, 0) is 14.3 Å². The van der Waals surface area contributed by atoms with Crippen molar-refractivity contribution >= 4 is 17.7 Å². The first-order chi connectivity index (χ1) is 11.6. The highest BCUT2D eigenvalue weighted by Gasteiger charge is 2.46. The van der Waals surface area contributed by atoms with Crippen LogP contribution in [0, 0.1) is 0 Å². The monoisotopic (exact) mass is 348 g/mol. The molecule has 1 saturated heterocycles. The van der Waals surface area contributed by atoms with Crippen molar-refractivity contribution < 1.29 is 14.3 Å². The van der Waals surface area contributed by atoms with Crippen LogP contribution in [0.3, 0.4) is 0 Å². The van der Waals surface area contributed by atoms with Gasteiger partial charge < -0.3 is 9.47 Å². The Hall–Kier alpha value is -2.38. The van der Waals surface area contributed by atoms with Gasteiger partial charge in [-0.2, -0.15) is 0 Å². The van der Waals surface area contributed by atoms with E-state index in [0.29, 0.717) is 0 Å². The number of hydrogen-bond acceptors (Lipinski definition) is 6. The molecule has 0 unspecified atom stereocenters. The van der Waals surface area contributed by atoms with E-state index in [0.717, 1.165) is 4.90 Å². The van der Waals surface area contributed by atoms with Gasteiger partial charge in [-0.1, -0.05) is 40.2 Å². The Morgan fingerprint density at radius 3 is 2.42 bits per heavy atom. The highest BCUT2D eigenvalue weighted by atomic mass is 32.2. The van der Waals surface area contributed by atoms with Gasteiger partial charge in [0.15, 0.2) is 0 Å². The molecule has 0 aromatic heterocycles. The molecule has 0 N–H and O–H groups in total. The number of benzene rings is 1. The summed E-state index contributed by atoms with van der Waals surface area (Å²) in [5, 5.41) is 7.40. The lowest BCUT2D eigenvalue weighted by Crippen LogP contribution is -2.55. The summed E-state index contributed by atoms with van der Waals surface area (Å²) in [6, 6.07) is 7.84. The summed E-state index contributed by atoms with van der Waals surface area (Å²) in [6.07, 6.45) is -1.39. The number of carbonyl (C=O) groups is 1. The maximum Gasteiger partial charge on any atom is 0.302 e. The molecule has 1 heterocycles. The zero-order chi connectivity index (χ0) is 17.5. The van der Waals surface area contributed by atoms with Crippen LogP contribution in [0.5, 0.6) is 0 Å². The zero-order valence-electron chi connectivity index (χ0n) is 13.1. The molecule has 1 aromatic carbocycles. The van der Waals surface area contributed by atoms with Crippen molar-refractivity contribution in [3.05, 3.63) is 51.2 Å². The van der Waals surface area contributed by atoms with E-state index in [1.54, 1.807) is 6.92 Å². The van der Waals surface area contributed by atoms with Crippen molar-refractivity contribution in [1.82, 2.24) is 0 Å². The van der Waals surface area contributed by atoms with Gasteiger partial charge in [-0.05, 0) is 30.1 Å². The third-order valence-electron chi connectivity index (χ3n) is 3.45. The van der Waals surface area contributed by atoms with Crippen molar-refractivity contribution in [2.75, 3.05) is 0 Å². The number of esters is 1. The number of nitrogens with zero attached hydrogens (tertiary/aromatic N) is 6. The third-order valence-corrected chi connectivity index (χ3v) is 4.62. The van der Waals surface area contributed by atoms with Gasteiger partial charge in [-0.15, -0.1) is 0 Å². The highest BCUT2D eigenvalue weighted by molar-refractivity contribution is 7.99. The van der Waals surface area contributed by atoms with Crippen molar-refractivity contribution in [3.8, 4) is 0 Å². The van der Waals surface area contributed by atoms with Crippen LogP contribution in [0.1, 0.15) is 13.8 Å². The van der Waals surface area contributed by atoms with Crippen molar-refractivity contribution in [2.45, 2.75) is 48.5 Å². The summed E-state index contributed by atoms with van der Waals surface area (Å²) in [6.45, 7) is 2.97. The van der Waals surface area contributed by atoms with Crippen LogP contribution >= 0.6 is 11.8 Å². The molecule has 0 bridgehead atoms. The minimum absolute atomic E-state index is 0.503. The Balaban J connectivity index is 2.34. The fraction of sp³-hybridized carbons (Fsp3) is 0.500. The number of ether oxygens (including phenoxy) is 2. The molecule has 2 rings (SSSR count). The molecular weight excluding hydrogens is 332 g/mol. The van der Waals surface area contributed by atoms with Crippen molar-refractivity contribution in [1.29, 1.82) is 0 Å². The van der Waals surface area contributed by atoms with E-state index in [1.165, 1.54) is 18.7 Å². The Labute approximate surface area is 142 Å². The van der Waals surface area contributed by atoms with E-state index in [-0.39, 0.29) is 0 Å². The SMILES string of the molecule is CC(=O)O[C@H]1[C@@H](N=[N+]=[N-])[C@@H](C)O[C@@H](Sc2ccccc2)[C@@H]1N=[N+]=[N-]. The van der Waals surface area contributed by atoms with Crippen LogP contribution in [-0.4, -0.2) is 35.7 Å². The van der Waals surface area contributed by atoms with Crippen LogP contribution < -0.4 is 0 Å². The number of thioether (sulfide) groups is 1. The molecule has 1 aromatic rings. The van der Waals surface area contributed by atoms with Gasteiger partial charge in [0.05, 0.1) is 6.10 Å². The predicted octanol–water partition coefficient (Wildman–Crippen LogP) is 3.81. The Morgan fingerprint density at radius 1 is 1.21 bits per heavy atom. The van der Waals surface area contributed by atoms with Crippen molar-refractivity contribution in [2.24, 2.45) is 10.2 Å². The first-order valence-electron chi connectivity index (χ1n) is 7.19. The van der Waals surface area contributed by atoms with E-state index in [1.807, 2.05) is 30.3 Å². The predicted molar refractivity (Wildman–Crippen MR) is 88.1 cm³/mol. The van der Waals surface area contributed by atoms with Crippen LogP contribution in [0.15, 0.2) is 45.5 Å². The maximum absolute atomic E-state index is 11.4. The summed E-state index contributed by atoms with van der Waals surface area (Å²) in [5.41, 5.74) is 17.1. The molecule has 126 valence electrons. The van der Waals surface area contributed by atoms with Crippen LogP contribution in [0.25, 0.3) is 20.9 Å². The maximum atomic E-state index is 11.4. The minimum Gasteiger partial charge on any atom is -0.461 e. The number of hydrogen-bond donors (Lipinski definition) is 0. The molecule has 24 heavy (non-hydrogen) atoms. The molecule has 5 atom stereocenters. The summed E-state index contributed by atoms with van der Waals surface area (Å²) in [5.74, 6) is -0.547. The molecule has 9 nitrogen and oxygen atoms in total. The van der Waals surface area contributed by atoms with E-state index >= 15 is 0 Å². The second-order valence-electron chi connectivity index (χ2n) is 5.11. The fourth-order valence-electron chi connectivity index (χ4n) is 2.46. The molecule has 0 spiro atoms. The molecule has 10 heteroatoms. The fourth-order valence-corrected chi connectivity index (χ4v) is 3.62. The lowest BCUT2D eigenvalue weighted by Gasteiger charge is -2.41. The van der Waals surface area contributed by atoms with Gasteiger partial charge in [0, 0.05) is 21.6 Å². The largest absolute Gasteiger partial charge is 0.461 e. The zero-order valence-corrected chi connectivity index (χ0v) is 13.9. The average molecular weight is 348 g/mol. The highest BCUT2D eigenvalue weighted by Crippen LogP contribution is 2.37. The van der Waals surface area contributed by atoms with Crippen LogP contribution in [0.4, 0.5) is 0 Å². The molecule has 0 radical (unpaired) electrons. The first-order valence-corrected chi connectivity index (χ1v) is 8.07. The standard InChI is InChI=1S/C14H16N6O3S/c1-8-11(17-19-15)13(23-9(2)21)12(18-20-16)14(22-8)24-10-6-4-3-5-7-10/h3-8,11-14H,1-2H3/t8-,11+,12-,13+,14+/m1/s1. The summed E-state index contributed by atoms with van der Waals surface area (Å²) in [7, 11) is 0. The van der Waals surface area contributed by atoms with Gasteiger partial charge in [0.2, 0.25) is 0 Å². The van der Waals surface area contributed by atoms with E-state index < -0.39 is 35.7 Å². The van der Waals surface area contributed by atoms with Gasteiger partial charge in [-0.3, -0.25) is 4.79 Å². The molecule has 1 fully saturated rings. The Kier molecular flexibility index (Phi) is 6.34. The minimum atomic E-state index is -0.890. The van der Waals surface area contributed by atoms with Gasteiger partial charge in [0.1, 0.15) is 23.6 Å². The molecule has 0 amide bonds. The molecule has 1 aliphatic rings. The normalized spacial score (nSPS) is 29.0. The molecule has 1 aliphatic heterocycles. The Morgan fingerprint density at radius 2 is 1.83 bits per heavy atom. The van der Waals surface area contributed by atoms with Gasteiger partial charge >= 0.3 is 5.97 Å². The topological polar surface area (TPSA) is 133 Å². The summed E-state index contributed by atoms with van der Waals surface area (Å²) >= 11 is 1.35. The third kappa shape index (κ3) is 4.33. The second-order valence-corrected chi connectivity index (χ2v) is 6.28. The lowest BCUT2D eigenvalue weighted by atomic mass is 9.97. The average Bonchev–Trinajstić information content (AvgIpc) is 2.55. The molecule has 0 aliphatic carbocycles. The van der Waals surface area contributed by atoms with E-state index in [9.17, 15) is 4.79 Å². The summed E-state index contributed by atoms with van der Waals surface area (Å²) in [4.78, 5) is 18.0. The van der Waals surface area contributed by atoms with Crippen molar-refractivity contribution in [3.63, 3.8) is 0 Å². The number of rotatable bonds is 5. The number of carbonyl (C=O) groups excluding carboxylic acids is 1. The second kappa shape index (κ2) is 8.47. The van der Waals surface area contributed by atoms with E-state index in [2.05, 4.69) is 20.1 Å².